The molecule has 26 heavy (non-hydrogen) atoms. The molecule has 134 valence electrons. The van der Waals surface area contributed by atoms with E-state index in [0.717, 1.165) is 4.90 Å². The van der Waals surface area contributed by atoms with E-state index in [4.69, 9.17) is 23.2 Å². The summed E-state index contributed by atoms with van der Waals surface area (Å²) in [6.45, 7) is 3.29. The van der Waals surface area contributed by atoms with Gasteiger partial charge in [-0.15, -0.1) is 0 Å². The van der Waals surface area contributed by atoms with Gasteiger partial charge in [0.25, 0.3) is 11.8 Å². The van der Waals surface area contributed by atoms with Crippen molar-refractivity contribution in [3.05, 3.63) is 69.2 Å². The van der Waals surface area contributed by atoms with Crippen LogP contribution in [0.1, 0.15) is 46.2 Å². The minimum absolute atomic E-state index is 0.311. The van der Waals surface area contributed by atoms with E-state index >= 15 is 0 Å². The Morgan fingerprint density at radius 1 is 1.00 bits per heavy atom. The predicted octanol–water partition coefficient (Wildman–Crippen LogP) is 3.86. The number of nitrogens with zero attached hydrogens (tertiary/aromatic N) is 1. The summed E-state index contributed by atoms with van der Waals surface area (Å²) < 4.78 is 0. The number of amides is 3. The largest absolute Gasteiger partial charge is 0.348 e. The Hall–Kier alpha value is -2.37. The number of halogens is 2. The number of hydrogen-bond donors (Lipinski definition) is 1. The highest BCUT2D eigenvalue weighted by molar-refractivity contribution is 6.35. The van der Waals surface area contributed by atoms with E-state index in [0.29, 0.717) is 26.7 Å². The van der Waals surface area contributed by atoms with Crippen molar-refractivity contribution in [3.8, 4) is 0 Å². The van der Waals surface area contributed by atoms with Crippen molar-refractivity contribution in [1.29, 1.82) is 0 Å². The molecule has 1 aliphatic rings. The van der Waals surface area contributed by atoms with Gasteiger partial charge in [0.1, 0.15) is 6.04 Å². The zero-order chi connectivity index (χ0) is 19.0. The molecule has 0 fully saturated rings. The average molecular weight is 391 g/mol. The molecule has 0 bridgehead atoms. The summed E-state index contributed by atoms with van der Waals surface area (Å²) in [5.41, 5.74) is 1.32. The fourth-order valence-electron chi connectivity index (χ4n) is 2.94. The van der Waals surface area contributed by atoms with Crippen LogP contribution in [0.25, 0.3) is 0 Å². The highest BCUT2D eigenvalue weighted by atomic mass is 35.5. The van der Waals surface area contributed by atoms with Gasteiger partial charge in [0.2, 0.25) is 5.91 Å². The van der Waals surface area contributed by atoms with E-state index in [2.05, 4.69) is 5.32 Å². The third kappa shape index (κ3) is 3.20. The second-order valence-corrected chi connectivity index (χ2v) is 6.94. The summed E-state index contributed by atoms with van der Waals surface area (Å²) >= 11 is 12.1. The van der Waals surface area contributed by atoms with Crippen molar-refractivity contribution >= 4 is 40.9 Å². The zero-order valence-corrected chi connectivity index (χ0v) is 15.6. The minimum atomic E-state index is -0.948. The molecular weight excluding hydrogens is 375 g/mol. The fourth-order valence-corrected chi connectivity index (χ4v) is 3.51. The molecule has 5 nitrogen and oxygen atoms in total. The van der Waals surface area contributed by atoms with Gasteiger partial charge < -0.3 is 5.32 Å². The molecule has 2 atom stereocenters. The maximum atomic E-state index is 12.6. The molecule has 7 heteroatoms. The van der Waals surface area contributed by atoms with Crippen LogP contribution < -0.4 is 5.32 Å². The lowest BCUT2D eigenvalue weighted by atomic mass is 10.1. The van der Waals surface area contributed by atoms with E-state index in [9.17, 15) is 14.4 Å². The lowest BCUT2D eigenvalue weighted by Crippen LogP contribution is -2.48. The second kappa shape index (κ2) is 7.09. The van der Waals surface area contributed by atoms with E-state index in [1.165, 1.54) is 6.92 Å². The Kier molecular flexibility index (Phi) is 5.03. The Labute approximate surface area is 160 Å². The van der Waals surface area contributed by atoms with Crippen molar-refractivity contribution < 1.29 is 14.4 Å². The van der Waals surface area contributed by atoms with Crippen LogP contribution in [0.4, 0.5) is 0 Å². The van der Waals surface area contributed by atoms with E-state index in [1.54, 1.807) is 49.4 Å². The Bertz CT molecular complexity index is 878. The summed E-state index contributed by atoms with van der Waals surface area (Å²) in [4.78, 5) is 38.6. The van der Waals surface area contributed by atoms with Gasteiger partial charge in [0.05, 0.1) is 17.2 Å². The van der Waals surface area contributed by atoms with Gasteiger partial charge in [0.15, 0.2) is 0 Å². The first-order valence-electron chi connectivity index (χ1n) is 8.03. The van der Waals surface area contributed by atoms with Crippen LogP contribution in [0, 0.1) is 0 Å². The fraction of sp³-hybridized carbons (Fsp3) is 0.211. The molecule has 1 aliphatic heterocycles. The molecule has 0 aliphatic carbocycles. The molecule has 0 saturated heterocycles. The van der Waals surface area contributed by atoms with Gasteiger partial charge in [-0.3, -0.25) is 19.3 Å². The Balaban J connectivity index is 1.76. The maximum Gasteiger partial charge on any atom is 0.262 e. The lowest BCUT2D eigenvalue weighted by molar-refractivity contribution is -0.125. The summed E-state index contributed by atoms with van der Waals surface area (Å²) in [5, 5.41) is 3.71. The quantitative estimate of drug-likeness (QED) is 0.805. The van der Waals surface area contributed by atoms with E-state index in [1.807, 2.05) is 0 Å². The second-order valence-electron chi connectivity index (χ2n) is 6.10. The molecule has 1 N–H and O–H groups in total. The van der Waals surface area contributed by atoms with Crippen LogP contribution in [0.5, 0.6) is 0 Å². The summed E-state index contributed by atoms with van der Waals surface area (Å²) in [7, 11) is 0. The molecule has 0 saturated carbocycles. The molecular formula is C19H16Cl2N2O3. The highest BCUT2D eigenvalue weighted by Crippen LogP contribution is 2.27. The van der Waals surface area contributed by atoms with Gasteiger partial charge >= 0.3 is 0 Å². The molecule has 3 rings (SSSR count). The standard InChI is InChI=1S/C19H16Cl2N2O3/c1-10(13-8-7-12(20)9-16(13)21)22-17(24)11(2)23-18(25)14-5-3-4-6-15(14)19(23)26/h3-11H,1-2H3,(H,22,24)/t10-,11+/m1/s1. The smallest absolute Gasteiger partial charge is 0.262 e. The van der Waals surface area contributed by atoms with Gasteiger partial charge in [0, 0.05) is 10.0 Å². The first-order chi connectivity index (χ1) is 12.3. The van der Waals surface area contributed by atoms with Gasteiger partial charge in [-0.2, -0.15) is 0 Å². The SMILES string of the molecule is C[C@@H](NC(=O)[C@H](C)N1C(=O)c2ccccc2C1=O)c1ccc(Cl)cc1Cl. The monoisotopic (exact) mass is 390 g/mol. The molecule has 2 aromatic carbocycles. The number of carbonyl (C=O) groups is 3. The van der Waals surface area contributed by atoms with Crippen molar-refractivity contribution in [3.63, 3.8) is 0 Å². The molecule has 0 spiro atoms. The Morgan fingerprint density at radius 2 is 1.58 bits per heavy atom. The molecule has 0 unspecified atom stereocenters. The van der Waals surface area contributed by atoms with Crippen molar-refractivity contribution in [2.24, 2.45) is 0 Å². The van der Waals surface area contributed by atoms with Crippen LogP contribution in [0.2, 0.25) is 10.0 Å². The Morgan fingerprint density at radius 3 is 2.12 bits per heavy atom. The lowest BCUT2D eigenvalue weighted by Gasteiger charge is -2.24. The summed E-state index contributed by atoms with van der Waals surface area (Å²) in [5.74, 6) is -1.38. The number of nitrogens with one attached hydrogen (secondary N) is 1. The van der Waals surface area contributed by atoms with Crippen molar-refractivity contribution in [2.45, 2.75) is 25.9 Å². The maximum absolute atomic E-state index is 12.6. The zero-order valence-electron chi connectivity index (χ0n) is 14.1. The molecule has 0 radical (unpaired) electrons. The average Bonchev–Trinajstić information content (AvgIpc) is 2.85. The molecule has 1 heterocycles. The van der Waals surface area contributed by atoms with Gasteiger partial charge in [-0.1, -0.05) is 41.4 Å². The number of fused-ring (bicyclic) bond motifs is 1. The van der Waals surface area contributed by atoms with Gasteiger partial charge in [-0.25, -0.2) is 0 Å². The van der Waals surface area contributed by atoms with E-state index in [-0.39, 0.29) is 0 Å². The topological polar surface area (TPSA) is 66.5 Å². The summed E-state index contributed by atoms with van der Waals surface area (Å²) in [6.07, 6.45) is 0. The predicted molar refractivity (Wildman–Crippen MR) is 99.4 cm³/mol. The first-order valence-corrected chi connectivity index (χ1v) is 8.79. The first kappa shape index (κ1) is 18.4. The highest BCUT2D eigenvalue weighted by Gasteiger charge is 2.40. The van der Waals surface area contributed by atoms with E-state index < -0.39 is 29.8 Å². The van der Waals surface area contributed by atoms with Crippen LogP contribution >= 0.6 is 23.2 Å². The number of hydrogen-bond acceptors (Lipinski definition) is 3. The minimum Gasteiger partial charge on any atom is -0.348 e. The normalized spacial score (nSPS) is 15.6. The third-order valence-electron chi connectivity index (χ3n) is 4.38. The van der Waals surface area contributed by atoms with Crippen LogP contribution in [-0.4, -0.2) is 28.7 Å². The number of rotatable bonds is 4. The summed E-state index contributed by atoms with van der Waals surface area (Å²) in [6, 6.07) is 10.2. The number of imide groups is 1. The van der Waals surface area contributed by atoms with Crippen LogP contribution in [0.3, 0.4) is 0 Å². The van der Waals surface area contributed by atoms with Crippen molar-refractivity contribution in [2.75, 3.05) is 0 Å². The molecule has 3 amide bonds. The number of benzene rings is 2. The molecule has 0 aromatic heterocycles. The number of carbonyl (C=O) groups excluding carboxylic acids is 3. The van der Waals surface area contributed by atoms with Gasteiger partial charge in [-0.05, 0) is 43.7 Å². The molecule has 2 aromatic rings. The third-order valence-corrected chi connectivity index (χ3v) is 4.94. The van der Waals surface area contributed by atoms with Crippen LogP contribution in [0.15, 0.2) is 42.5 Å². The van der Waals surface area contributed by atoms with Crippen molar-refractivity contribution in [1.82, 2.24) is 10.2 Å². The van der Waals surface area contributed by atoms with Crippen LogP contribution in [-0.2, 0) is 4.79 Å².